The molecule has 0 spiro atoms. The smallest absolute Gasteiger partial charge is 0.280 e. The van der Waals surface area contributed by atoms with Gasteiger partial charge < -0.3 is 10.5 Å². The molecule has 3 aromatic rings. The van der Waals surface area contributed by atoms with Crippen molar-refractivity contribution in [1.29, 1.82) is 0 Å². The molecular weight excluding hydrogens is 360 g/mol. The summed E-state index contributed by atoms with van der Waals surface area (Å²) in [5.41, 5.74) is 7.03. The van der Waals surface area contributed by atoms with E-state index >= 15 is 0 Å². The Hall–Kier alpha value is -1.47. The molecule has 0 aliphatic carbocycles. The molecule has 0 fully saturated rings. The summed E-state index contributed by atoms with van der Waals surface area (Å²) in [7, 11) is 0. The molecule has 23 heavy (non-hydrogen) atoms. The van der Waals surface area contributed by atoms with E-state index in [1.165, 1.54) is 11.3 Å². The van der Waals surface area contributed by atoms with Crippen molar-refractivity contribution in [3.63, 3.8) is 0 Å². The Morgan fingerprint density at radius 2 is 2.17 bits per heavy atom. The molecule has 0 bridgehead atoms. The molecule has 4 nitrogen and oxygen atoms in total. The molecule has 1 aromatic carbocycles. The van der Waals surface area contributed by atoms with Crippen LogP contribution in [0.15, 0.2) is 30.6 Å². The van der Waals surface area contributed by atoms with Crippen molar-refractivity contribution in [2.45, 2.75) is 19.4 Å². The van der Waals surface area contributed by atoms with Crippen molar-refractivity contribution < 1.29 is 9.13 Å². The molecule has 2 heterocycles. The number of rotatable bonds is 4. The third-order valence-electron chi connectivity index (χ3n) is 3.28. The van der Waals surface area contributed by atoms with Gasteiger partial charge in [-0.2, -0.15) is 0 Å². The Labute approximate surface area is 147 Å². The summed E-state index contributed by atoms with van der Waals surface area (Å²) in [4.78, 5) is 8.30. The van der Waals surface area contributed by atoms with Crippen molar-refractivity contribution in [3.8, 4) is 10.9 Å². The Morgan fingerprint density at radius 3 is 2.87 bits per heavy atom. The summed E-state index contributed by atoms with van der Waals surface area (Å²) in [6.45, 7) is 1.89. The van der Waals surface area contributed by atoms with Gasteiger partial charge in [-0.25, -0.2) is 9.37 Å². The zero-order valence-corrected chi connectivity index (χ0v) is 14.5. The van der Waals surface area contributed by atoms with Crippen LogP contribution in [-0.2, 0) is 0 Å². The van der Waals surface area contributed by atoms with Crippen LogP contribution in [-0.4, -0.2) is 9.97 Å². The third kappa shape index (κ3) is 3.55. The summed E-state index contributed by atoms with van der Waals surface area (Å²) in [5.74, 6) is -0.589. The zero-order chi connectivity index (χ0) is 15.7. The van der Waals surface area contributed by atoms with E-state index in [4.69, 9.17) is 22.1 Å². The number of fused-ring (bicyclic) bond motifs is 1. The van der Waals surface area contributed by atoms with E-state index in [2.05, 4.69) is 9.97 Å². The number of pyridine rings is 1. The number of thiazole rings is 1. The molecule has 1 atom stereocenters. The van der Waals surface area contributed by atoms with Gasteiger partial charge in [0.15, 0.2) is 11.6 Å². The molecule has 122 valence electrons. The van der Waals surface area contributed by atoms with Crippen molar-refractivity contribution in [2.24, 2.45) is 5.73 Å². The van der Waals surface area contributed by atoms with Gasteiger partial charge in [-0.1, -0.05) is 35.9 Å². The number of nitrogens with two attached hydrogens (primary N) is 1. The summed E-state index contributed by atoms with van der Waals surface area (Å²) in [6, 6.07) is 4.53. The van der Waals surface area contributed by atoms with E-state index in [9.17, 15) is 4.39 Å². The lowest BCUT2D eigenvalue weighted by molar-refractivity contribution is 0.433. The van der Waals surface area contributed by atoms with Gasteiger partial charge in [0.25, 0.3) is 5.19 Å². The summed E-state index contributed by atoms with van der Waals surface area (Å²) in [6.07, 6.45) is 3.94. The van der Waals surface area contributed by atoms with Crippen LogP contribution < -0.4 is 10.5 Å². The van der Waals surface area contributed by atoms with E-state index in [0.29, 0.717) is 17.2 Å². The van der Waals surface area contributed by atoms with Crippen LogP contribution in [0.25, 0.3) is 10.2 Å². The first kappa shape index (κ1) is 17.9. The van der Waals surface area contributed by atoms with Crippen LogP contribution in [0, 0.1) is 5.82 Å². The minimum Gasteiger partial charge on any atom is -0.426 e. The number of nitrogens with zero attached hydrogens (tertiary/aromatic N) is 2. The Bertz CT molecular complexity index is 795. The van der Waals surface area contributed by atoms with Crippen LogP contribution in [0.2, 0.25) is 5.02 Å². The molecule has 0 aliphatic rings. The molecule has 0 saturated carbocycles. The second-order valence-corrected chi connectivity index (χ2v) is 6.12. The van der Waals surface area contributed by atoms with Crippen molar-refractivity contribution >= 4 is 45.6 Å². The average molecular weight is 374 g/mol. The van der Waals surface area contributed by atoms with Gasteiger partial charge >= 0.3 is 0 Å². The van der Waals surface area contributed by atoms with Gasteiger partial charge in [0.2, 0.25) is 0 Å². The third-order valence-corrected chi connectivity index (χ3v) is 4.46. The summed E-state index contributed by atoms with van der Waals surface area (Å²) < 4.78 is 21.0. The lowest BCUT2D eigenvalue weighted by Crippen LogP contribution is -2.11. The first-order valence-electron chi connectivity index (χ1n) is 6.72. The summed E-state index contributed by atoms with van der Waals surface area (Å²) >= 11 is 7.33. The number of hydrogen-bond donors (Lipinski definition) is 1. The van der Waals surface area contributed by atoms with E-state index < -0.39 is 11.9 Å². The van der Waals surface area contributed by atoms with Crippen LogP contribution in [0.1, 0.15) is 24.9 Å². The highest BCUT2D eigenvalue weighted by Gasteiger charge is 2.19. The molecule has 0 aliphatic heterocycles. The Morgan fingerprint density at radius 1 is 1.39 bits per heavy atom. The summed E-state index contributed by atoms with van der Waals surface area (Å²) in [5, 5.41) is 0.493. The number of benzene rings is 1. The molecule has 0 saturated heterocycles. The van der Waals surface area contributed by atoms with Crippen molar-refractivity contribution in [2.75, 3.05) is 0 Å². The molecule has 8 heteroatoms. The number of aromatic nitrogens is 2. The van der Waals surface area contributed by atoms with Crippen LogP contribution in [0.3, 0.4) is 0 Å². The van der Waals surface area contributed by atoms with E-state index in [-0.39, 0.29) is 23.2 Å². The van der Waals surface area contributed by atoms with Gasteiger partial charge in [-0.3, -0.25) is 4.98 Å². The molecule has 2 N–H and O–H groups in total. The Kier molecular flexibility index (Phi) is 5.75. The lowest BCUT2D eigenvalue weighted by atomic mass is 10.0. The molecule has 0 amide bonds. The predicted molar refractivity (Wildman–Crippen MR) is 93.4 cm³/mol. The molecule has 3 rings (SSSR count). The SMILES string of the molecule is CC[C@@H](N)c1ccc(Cl)c(Oc2nc3ccncc3s2)c1F.Cl. The zero-order valence-electron chi connectivity index (χ0n) is 12.1. The number of ether oxygens (including phenoxy) is 1. The largest absolute Gasteiger partial charge is 0.426 e. The molecule has 2 aromatic heterocycles. The maximum absolute atomic E-state index is 14.6. The second-order valence-electron chi connectivity index (χ2n) is 4.72. The fourth-order valence-electron chi connectivity index (χ4n) is 2.04. The van der Waals surface area contributed by atoms with Crippen LogP contribution in [0.5, 0.6) is 10.9 Å². The van der Waals surface area contributed by atoms with Crippen LogP contribution >= 0.6 is 35.3 Å². The first-order valence-corrected chi connectivity index (χ1v) is 7.91. The molecule has 0 radical (unpaired) electrons. The van der Waals surface area contributed by atoms with Crippen LogP contribution in [0.4, 0.5) is 4.39 Å². The predicted octanol–water partition coefficient (Wildman–Crippen LogP) is 5.11. The average Bonchev–Trinajstić information content (AvgIpc) is 2.93. The highest BCUT2D eigenvalue weighted by Crippen LogP contribution is 2.38. The van der Waals surface area contributed by atoms with E-state index in [1.54, 1.807) is 30.6 Å². The van der Waals surface area contributed by atoms with E-state index in [1.807, 2.05) is 6.92 Å². The maximum atomic E-state index is 14.6. The van der Waals surface area contributed by atoms with E-state index in [0.717, 1.165) is 10.2 Å². The maximum Gasteiger partial charge on any atom is 0.280 e. The lowest BCUT2D eigenvalue weighted by Gasteiger charge is -2.14. The highest BCUT2D eigenvalue weighted by molar-refractivity contribution is 7.20. The fraction of sp³-hybridized carbons (Fsp3) is 0.200. The molecular formula is C15H14Cl2FN3OS. The fourth-order valence-corrected chi connectivity index (χ4v) is 3.01. The minimum absolute atomic E-state index is 0. The van der Waals surface area contributed by atoms with Gasteiger partial charge in [0, 0.05) is 24.0 Å². The highest BCUT2D eigenvalue weighted by atomic mass is 35.5. The van der Waals surface area contributed by atoms with Crippen molar-refractivity contribution in [3.05, 3.63) is 47.0 Å². The van der Waals surface area contributed by atoms with Gasteiger partial charge in [-0.05, 0) is 18.6 Å². The Balaban J connectivity index is 0.00000192. The van der Waals surface area contributed by atoms with Gasteiger partial charge in [0.1, 0.15) is 0 Å². The van der Waals surface area contributed by atoms with Crippen molar-refractivity contribution in [1.82, 2.24) is 9.97 Å². The molecule has 0 unspecified atom stereocenters. The monoisotopic (exact) mass is 373 g/mol. The number of hydrogen-bond acceptors (Lipinski definition) is 5. The standard InChI is InChI=1S/C15H13ClFN3OS.ClH/c1-2-10(18)8-3-4-9(16)14(13(8)17)21-15-20-11-5-6-19-7-12(11)22-15;/h3-7,10H,2,18H2,1H3;1H/t10-;/m1./s1. The first-order chi connectivity index (χ1) is 10.6. The van der Waals surface area contributed by atoms with Gasteiger partial charge in [0.05, 0.1) is 15.2 Å². The topological polar surface area (TPSA) is 61.0 Å². The minimum atomic E-state index is -0.542. The van der Waals surface area contributed by atoms with Gasteiger partial charge in [-0.15, -0.1) is 12.4 Å². The normalized spacial score (nSPS) is 12.0. The number of halogens is 3. The quantitative estimate of drug-likeness (QED) is 0.690. The second kappa shape index (κ2) is 7.40.